The van der Waals surface area contributed by atoms with Gasteiger partial charge in [-0.15, -0.1) is 0 Å². The first-order valence-electron chi connectivity index (χ1n) is 2.75. The minimum atomic E-state index is -0.192. The number of aromatic amines is 2. The van der Waals surface area contributed by atoms with Gasteiger partial charge in [0.1, 0.15) is 0 Å². The first kappa shape index (κ1) is 5.16. The zero-order chi connectivity index (χ0) is 6.97. The van der Waals surface area contributed by atoms with Gasteiger partial charge in [-0.25, -0.2) is 9.97 Å². The van der Waals surface area contributed by atoms with Crippen molar-refractivity contribution in [2.45, 2.75) is 0 Å². The standard InChI is InChI=1S/C5H4N4O/c10-5-3-4(7-1-6-3)8-2-9-5/h1-2H,(H2,6,7,8,9,10)/i2+1,6+1. The van der Waals surface area contributed by atoms with Crippen LogP contribution in [-0.4, -0.2) is 19.9 Å². The minimum absolute atomic E-state index is 0.192. The molecule has 2 aromatic heterocycles. The van der Waals surface area contributed by atoms with Crippen LogP contribution in [-0.2, 0) is 0 Å². The Balaban J connectivity index is 3.09. The Morgan fingerprint density at radius 1 is 1.20 bits per heavy atom. The summed E-state index contributed by atoms with van der Waals surface area (Å²) in [6.45, 7) is 0. The van der Waals surface area contributed by atoms with E-state index in [4.69, 9.17) is 0 Å². The van der Waals surface area contributed by atoms with E-state index in [1.807, 2.05) is 0 Å². The SMILES string of the molecule is O=c1[nH][13cH]nc2nc[15nH]c12. The van der Waals surface area contributed by atoms with Crippen LogP contribution in [0.2, 0.25) is 0 Å². The van der Waals surface area contributed by atoms with Crippen molar-refractivity contribution >= 4 is 11.2 Å². The molecule has 2 aromatic rings. The Kier molecular flexibility index (Phi) is 0.858. The van der Waals surface area contributed by atoms with E-state index in [1.165, 1.54) is 12.7 Å². The Morgan fingerprint density at radius 2 is 1.90 bits per heavy atom. The predicted molar refractivity (Wildman–Crippen MR) is 34.5 cm³/mol. The van der Waals surface area contributed by atoms with E-state index in [9.17, 15) is 4.79 Å². The lowest BCUT2D eigenvalue weighted by Crippen LogP contribution is -2.05. The second-order valence-electron chi connectivity index (χ2n) is 1.83. The fourth-order valence-electron chi connectivity index (χ4n) is 0.776. The smallest absolute Gasteiger partial charge is 0.276 e. The molecule has 0 saturated heterocycles. The van der Waals surface area contributed by atoms with Gasteiger partial charge in [-0.3, -0.25) is 4.79 Å². The van der Waals surface area contributed by atoms with Gasteiger partial charge in [-0.2, -0.15) is 0 Å². The van der Waals surface area contributed by atoms with Crippen molar-refractivity contribution in [3.63, 3.8) is 0 Å². The maximum atomic E-state index is 10.9. The maximum Gasteiger partial charge on any atom is 0.276 e. The van der Waals surface area contributed by atoms with Crippen LogP contribution in [0.1, 0.15) is 0 Å². The number of rotatable bonds is 0. The molecule has 5 heteroatoms. The second-order valence-corrected chi connectivity index (χ2v) is 1.83. The third kappa shape index (κ3) is 0.540. The highest BCUT2D eigenvalue weighted by atomic mass is 16.1. The quantitative estimate of drug-likeness (QED) is 0.522. The first-order chi connectivity index (χ1) is 4.88. The molecule has 0 radical (unpaired) electrons. The fraction of sp³-hybridized carbons (Fsp3) is 0. The molecule has 2 heterocycles. The number of hydrogen-bond acceptors (Lipinski definition) is 3. The number of hydrogen-bond donors (Lipinski definition) is 2. The van der Waals surface area contributed by atoms with E-state index in [-0.39, 0.29) is 5.56 Å². The molecule has 2 N–H and O–H groups in total. The van der Waals surface area contributed by atoms with E-state index >= 15 is 0 Å². The molecule has 0 aromatic carbocycles. The highest BCUT2D eigenvalue weighted by Gasteiger charge is 1.97. The largest absolute Gasteiger partial charge is 0.339 e. The molecular weight excluding hydrogens is 134 g/mol. The Hall–Kier alpha value is -1.65. The van der Waals surface area contributed by atoms with Crippen LogP contribution in [0.4, 0.5) is 0 Å². The summed E-state index contributed by atoms with van der Waals surface area (Å²) in [5.41, 5.74) is 0.675. The van der Waals surface area contributed by atoms with Gasteiger partial charge in [-0.05, 0) is 0 Å². The van der Waals surface area contributed by atoms with E-state index < -0.39 is 0 Å². The van der Waals surface area contributed by atoms with Gasteiger partial charge in [0.25, 0.3) is 5.56 Å². The molecule has 5 nitrogen and oxygen atoms in total. The third-order valence-corrected chi connectivity index (χ3v) is 1.23. The average Bonchev–Trinajstić information content (AvgIpc) is 2.36. The van der Waals surface area contributed by atoms with Crippen LogP contribution in [0.5, 0.6) is 0 Å². The van der Waals surface area contributed by atoms with Crippen molar-refractivity contribution in [1.82, 2.24) is 19.9 Å². The van der Waals surface area contributed by atoms with Crippen molar-refractivity contribution < 1.29 is 0 Å². The van der Waals surface area contributed by atoms with Crippen LogP contribution in [0.3, 0.4) is 0 Å². The lowest BCUT2D eigenvalue weighted by atomic mass is 10.6. The van der Waals surface area contributed by atoms with Gasteiger partial charge in [-0.1, -0.05) is 0 Å². The number of fused-ring (bicyclic) bond motifs is 1. The van der Waals surface area contributed by atoms with Gasteiger partial charge in [0.05, 0.1) is 12.7 Å². The summed E-state index contributed by atoms with van der Waals surface area (Å²) in [7, 11) is 0. The highest BCUT2D eigenvalue weighted by molar-refractivity contribution is 5.67. The average molecular weight is 138 g/mol. The van der Waals surface area contributed by atoms with Crippen molar-refractivity contribution in [3.05, 3.63) is 23.0 Å². The Bertz CT molecular complexity index is 401. The van der Waals surface area contributed by atoms with Gasteiger partial charge < -0.3 is 9.97 Å². The van der Waals surface area contributed by atoms with Crippen molar-refractivity contribution in [2.75, 3.05) is 0 Å². The molecule has 0 amide bonds. The highest BCUT2D eigenvalue weighted by Crippen LogP contribution is 1.94. The van der Waals surface area contributed by atoms with Crippen LogP contribution in [0.15, 0.2) is 17.4 Å². The molecule has 50 valence electrons. The van der Waals surface area contributed by atoms with Gasteiger partial charge in [0.2, 0.25) is 0 Å². The Labute approximate surface area is 55.1 Å². The molecule has 0 fully saturated rings. The Morgan fingerprint density at radius 3 is 2.60 bits per heavy atom. The lowest BCUT2D eigenvalue weighted by molar-refractivity contribution is 1.15. The summed E-state index contributed by atoms with van der Waals surface area (Å²) in [5, 5.41) is 0. The molecule has 0 saturated carbocycles. The van der Waals surface area contributed by atoms with Crippen LogP contribution >= 0.6 is 0 Å². The number of nitrogens with one attached hydrogen (secondary N) is 2. The monoisotopic (exact) mass is 138 g/mol. The van der Waals surface area contributed by atoms with E-state index in [1.54, 1.807) is 0 Å². The lowest BCUT2D eigenvalue weighted by Gasteiger charge is -1.81. The topological polar surface area (TPSA) is 74.4 Å². The number of nitrogens with zero attached hydrogens (tertiary/aromatic N) is 2. The summed E-state index contributed by atoms with van der Waals surface area (Å²) in [5.74, 6) is 0. The summed E-state index contributed by atoms with van der Waals surface area (Å²) in [4.78, 5) is 23.6. The molecule has 0 aliphatic carbocycles. The second kappa shape index (κ2) is 1.66. The van der Waals surface area contributed by atoms with Crippen molar-refractivity contribution in [2.24, 2.45) is 0 Å². The molecule has 0 spiro atoms. The van der Waals surface area contributed by atoms with Crippen molar-refractivity contribution in [1.29, 1.82) is 0 Å². The molecule has 0 bridgehead atoms. The number of imidazole rings is 1. The minimum Gasteiger partial charge on any atom is -0.339 e. The molecule has 0 aliphatic rings. The predicted octanol–water partition coefficient (Wildman–Crippen LogP) is -0.354. The summed E-state index contributed by atoms with van der Waals surface area (Å²) in [6, 6.07) is 0. The number of aromatic nitrogens is 4. The first-order valence-corrected chi connectivity index (χ1v) is 2.75. The molecule has 2 rings (SSSR count). The van der Waals surface area contributed by atoms with E-state index in [0.717, 1.165) is 0 Å². The van der Waals surface area contributed by atoms with E-state index in [2.05, 4.69) is 19.9 Å². The molecule has 0 atom stereocenters. The van der Waals surface area contributed by atoms with Crippen LogP contribution < -0.4 is 5.56 Å². The van der Waals surface area contributed by atoms with Gasteiger partial charge >= 0.3 is 0 Å². The van der Waals surface area contributed by atoms with Gasteiger partial charge in [0, 0.05) is 0 Å². The normalized spacial score (nSPS) is 10.4. The third-order valence-electron chi connectivity index (χ3n) is 1.23. The van der Waals surface area contributed by atoms with Gasteiger partial charge in [0.15, 0.2) is 11.2 Å². The summed E-state index contributed by atoms with van der Waals surface area (Å²) < 4.78 is 0. The number of H-pyrrole nitrogens is 2. The van der Waals surface area contributed by atoms with Crippen molar-refractivity contribution in [3.8, 4) is 0 Å². The summed E-state index contributed by atoms with van der Waals surface area (Å²) >= 11 is 0. The van der Waals surface area contributed by atoms with E-state index in [0.29, 0.717) is 11.2 Å². The summed E-state index contributed by atoms with van der Waals surface area (Å²) in [6.07, 6.45) is 2.76. The molecule has 10 heavy (non-hydrogen) atoms. The zero-order valence-electron chi connectivity index (χ0n) is 4.96. The maximum absolute atomic E-state index is 10.9. The van der Waals surface area contributed by atoms with Crippen LogP contribution in [0.25, 0.3) is 11.2 Å². The fourth-order valence-corrected chi connectivity index (χ4v) is 0.776. The molecule has 0 unspecified atom stereocenters. The van der Waals surface area contributed by atoms with Crippen LogP contribution in [0, 0.1) is 0 Å². The zero-order valence-corrected chi connectivity index (χ0v) is 4.96. The molecular formula is C5H4N4O. The molecule has 0 aliphatic heterocycles.